The SMILES string of the molecule is Cn1ncc2c(N3CCSCC3)nc(C(=O)NCc3ccc(Cl)cc3)nc21. The monoisotopic (exact) mass is 402 g/mol. The number of thioether (sulfide) groups is 1. The van der Waals surface area contributed by atoms with Crippen molar-refractivity contribution >= 4 is 46.1 Å². The van der Waals surface area contributed by atoms with Gasteiger partial charge < -0.3 is 10.2 Å². The number of fused-ring (bicyclic) bond motifs is 1. The van der Waals surface area contributed by atoms with Gasteiger partial charge in [-0.25, -0.2) is 9.97 Å². The minimum atomic E-state index is -0.305. The molecule has 1 saturated heterocycles. The molecule has 0 saturated carbocycles. The van der Waals surface area contributed by atoms with Gasteiger partial charge in [0.05, 0.1) is 11.6 Å². The zero-order valence-electron chi connectivity index (χ0n) is 14.9. The maximum atomic E-state index is 12.7. The molecule has 0 radical (unpaired) electrons. The molecule has 1 aromatic carbocycles. The Morgan fingerprint density at radius 3 is 2.70 bits per heavy atom. The number of anilines is 1. The lowest BCUT2D eigenvalue weighted by Crippen LogP contribution is -2.34. The van der Waals surface area contributed by atoms with Crippen LogP contribution in [-0.2, 0) is 13.6 Å². The Morgan fingerprint density at radius 2 is 1.96 bits per heavy atom. The van der Waals surface area contributed by atoms with Gasteiger partial charge in [-0.3, -0.25) is 9.48 Å². The number of aryl methyl sites for hydroxylation is 1. The Kier molecular flexibility index (Phi) is 5.18. The standard InChI is InChI=1S/C18H19ClN6OS/c1-24-16-14(11-21-24)17(25-6-8-27-9-7-25)23-15(22-16)18(26)20-10-12-2-4-13(19)5-3-12/h2-5,11H,6-10H2,1H3,(H,20,26). The number of rotatable bonds is 4. The van der Waals surface area contributed by atoms with Crippen LogP contribution in [0.2, 0.25) is 5.02 Å². The fourth-order valence-corrected chi connectivity index (χ4v) is 4.02. The molecule has 2 aromatic heterocycles. The normalized spacial score (nSPS) is 14.5. The molecule has 140 valence electrons. The summed E-state index contributed by atoms with van der Waals surface area (Å²) in [5.41, 5.74) is 1.62. The van der Waals surface area contributed by atoms with Gasteiger partial charge in [0, 0.05) is 43.2 Å². The molecule has 1 fully saturated rings. The van der Waals surface area contributed by atoms with Gasteiger partial charge in [0.1, 0.15) is 5.82 Å². The first-order valence-corrected chi connectivity index (χ1v) is 10.2. The fourth-order valence-electron chi connectivity index (χ4n) is 2.99. The lowest BCUT2D eigenvalue weighted by molar-refractivity contribution is 0.0941. The van der Waals surface area contributed by atoms with Crippen molar-refractivity contribution in [2.45, 2.75) is 6.54 Å². The summed E-state index contributed by atoms with van der Waals surface area (Å²) < 4.78 is 1.68. The molecular weight excluding hydrogens is 384 g/mol. The van der Waals surface area contributed by atoms with E-state index in [4.69, 9.17) is 11.6 Å². The van der Waals surface area contributed by atoms with Crippen LogP contribution >= 0.6 is 23.4 Å². The fraction of sp³-hybridized carbons (Fsp3) is 0.333. The molecule has 3 aromatic rings. The molecule has 1 amide bonds. The van der Waals surface area contributed by atoms with Crippen molar-refractivity contribution in [1.82, 2.24) is 25.1 Å². The summed E-state index contributed by atoms with van der Waals surface area (Å²) in [6, 6.07) is 7.36. The topological polar surface area (TPSA) is 75.9 Å². The van der Waals surface area contributed by atoms with Crippen molar-refractivity contribution in [2.75, 3.05) is 29.5 Å². The van der Waals surface area contributed by atoms with E-state index in [0.717, 1.165) is 41.4 Å². The minimum Gasteiger partial charge on any atom is -0.354 e. The third kappa shape index (κ3) is 3.86. The van der Waals surface area contributed by atoms with Crippen molar-refractivity contribution < 1.29 is 4.79 Å². The van der Waals surface area contributed by atoms with Crippen molar-refractivity contribution in [3.8, 4) is 0 Å². The van der Waals surface area contributed by atoms with Crippen LogP contribution in [0.3, 0.4) is 0 Å². The number of benzene rings is 1. The first-order valence-electron chi connectivity index (χ1n) is 8.67. The maximum absolute atomic E-state index is 12.7. The molecule has 0 spiro atoms. The average molecular weight is 403 g/mol. The van der Waals surface area contributed by atoms with Crippen LogP contribution < -0.4 is 10.2 Å². The van der Waals surface area contributed by atoms with Crippen molar-refractivity contribution in [3.63, 3.8) is 0 Å². The van der Waals surface area contributed by atoms with Crippen LogP contribution in [0.15, 0.2) is 30.5 Å². The van der Waals surface area contributed by atoms with E-state index in [1.807, 2.05) is 30.9 Å². The molecule has 1 aliphatic heterocycles. The van der Waals surface area contributed by atoms with E-state index in [1.165, 1.54) is 0 Å². The predicted molar refractivity (Wildman–Crippen MR) is 108 cm³/mol. The number of hydrogen-bond acceptors (Lipinski definition) is 6. The number of carbonyl (C=O) groups is 1. The second-order valence-electron chi connectivity index (χ2n) is 6.28. The highest BCUT2D eigenvalue weighted by Gasteiger charge is 2.21. The molecule has 9 heteroatoms. The summed E-state index contributed by atoms with van der Waals surface area (Å²) in [6.07, 6.45) is 1.77. The zero-order valence-corrected chi connectivity index (χ0v) is 16.4. The van der Waals surface area contributed by atoms with Gasteiger partial charge in [0.15, 0.2) is 5.65 Å². The largest absolute Gasteiger partial charge is 0.354 e. The van der Waals surface area contributed by atoms with E-state index in [9.17, 15) is 4.79 Å². The van der Waals surface area contributed by atoms with Gasteiger partial charge in [-0.2, -0.15) is 16.9 Å². The van der Waals surface area contributed by atoms with E-state index in [-0.39, 0.29) is 11.7 Å². The Bertz CT molecular complexity index is 968. The Morgan fingerprint density at radius 1 is 1.22 bits per heavy atom. The predicted octanol–water partition coefficient (Wildman–Crippen LogP) is 2.50. The molecule has 7 nitrogen and oxygen atoms in total. The van der Waals surface area contributed by atoms with Crippen molar-refractivity contribution in [3.05, 3.63) is 46.9 Å². The molecule has 0 aliphatic carbocycles. The molecule has 1 N–H and O–H groups in total. The molecule has 0 bridgehead atoms. The van der Waals surface area contributed by atoms with Gasteiger partial charge in [-0.05, 0) is 17.7 Å². The van der Waals surface area contributed by atoms with Gasteiger partial charge in [-0.1, -0.05) is 23.7 Å². The second-order valence-corrected chi connectivity index (χ2v) is 7.95. The molecule has 0 unspecified atom stereocenters. The summed E-state index contributed by atoms with van der Waals surface area (Å²) in [6.45, 7) is 2.19. The molecular formula is C18H19ClN6OS. The van der Waals surface area contributed by atoms with Crippen LogP contribution in [0, 0.1) is 0 Å². The number of amides is 1. The van der Waals surface area contributed by atoms with Crippen LogP contribution in [0.1, 0.15) is 16.2 Å². The highest BCUT2D eigenvalue weighted by atomic mass is 35.5. The molecule has 27 heavy (non-hydrogen) atoms. The second kappa shape index (κ2) is 7.74. The van der Waals surface area contributed by atoms with Crippen LogP contribution in [0.5, 0.6) is 0 Å². The molecule has 3 heterocycles. The summed E-state index contributed by atoms with van der Waals surface area (Å²) in [4.78, 5) is 23.9. The first kappa shape index (κ1) is 18.1. The van der Waals surface area contributed by atoms with Crippen molar-refractivity contribution in [2.24, 2.45) is 7.05 Å². The molecule has 4 rings (SSSR count). The Balaban J connectivity index is 1.61. The summed E-state index contributed by atoms with van der Waals surface area (Å²) in [5.74, 6) is 2.73. The molecule has 0 atom stereocenters. The zero-order chi connectivity index (χ0) is 18.8. The number of nitrogens with zero attached hydrogens (tertiary/aromatic N) is 5. The van der Waals surface area contributed by atoms with Gasteiger partial charge in [0.2, 0.25) is 5.82 Å². The van der Waals surface area contributed by atoms with Crippen molar-refractivity contribution in [1.29, 1.82) is 0 Å². The minimum absolute atomic E-state index is 0.160. The first-order chi connectivity index (χ1) is 13.1. The Labute approximate surface area is 166 Å². The number of nitrogens with one attached hydrogen (secondary N) is 1. The summed E-state index contributed by atoms with van der Waals surface area (Å²) in [7, 11) is 1.82. The third-order valence-corrected chi connectivity index (χ3v) is 5.65. The van der Waals surface area contributed by atoms with Gasteiger partial charge >= 0.3 is 0 Å². The summed E-state index contributed by atoms with van der Waals surface area (Å²) in [5, 5.41) is 8.71. The van der Waals surface area contributed by atoms with Crippen LogP contribution in [-0.4, -0.2) is 50.3 Å². The van der Waals surface area contributed by atoms with E-state index in [1.54, 1.807) is 23.0 Å². The third-order valence-electron chi connectivity index (χ3n) is 4.45. The van der Waals surface area contributed by atoms with E-state index >= 15 is 0 Å². The number of aromatic nitrogens is 4. The molecule has 1 aliphatic rings. The van der Waals surface area contributed by atoms with Crippen LogP contribution in [0.4, 0.5) is 5.82 Å². The highest BCUT2D eigenvalue weighted by Crippen LogP contribution is 2.25. The Hall–Kier alpha value is -2.32. The van der Waals surface area contributed by atoms with E-state index < -0.39 is 0 Å². The number of hydrogen-bond donors (Lipinski definition) is 1. The smallest absolute Gasteiger partial charge is 0.289 e. The van der Waals surface area contributed by atoms with Gasteiger partial charge in [0.25, 0.3) is 5.91 Å². The van der Waals surface area contributed by atoms with Gasteiger partial charge in [-0.15, -0.1) is 0 Å². The average Bonchev–Trinajstić information content (AvgIpc) is 3.08. The van der Waals surface area contributed by atoms with E-state index in [2.05, 4.69) is 25.3 Å². The van der Waals surface area contributed by atoms with E-state index in [0.29, 0.717) is 17.2 Å². The van der Waals surface area contributed by atoms with Crippen LogP contribution in [0.25, 0.3) is 11.0 Å². The lowest BCUT2D eigenvalue weighted by Gasteiger charge is -2.27. The lowest BCUT2D eigenvalue weighted by atomic mass is 10.2. The maximum Gasteiger partial charge on any atom is 0.289 e. The summed E-state index contributed by atoms with van der Waals surface area (Å²) >= 11 is 7.83. The highest BCUT2D eigenvalue weighted by molar-refractivity contribution is 7.99. The number of carbonyl (C=O) groups excluding carboxylic acids is 1. The number of halogens is 1. The quantitative estimate of drug-likeness (QED) is 0.722.